The van der Waals surface area contributed by atoms with Crippen LogP contribution in [-0.2, 0) is 13.1 Å². The Bertz CT molecular complexity index is 755. The summed E-state index contributed by atoms with van der Waals surface area (Å²) in [6, 6.07) is 14.6. The van der Waals surface area contributed by atoms with E-state index in [1.165, 1.54) is 17.7 Å². The summed E-state index contributed by atoms with van der Waals surface area (Å²) in [7, 11) is 0. The summed E-state index contributed by atoms with van der Waals surface area (Å²) >= 11 is 6.15. The zero-order valence-corrected chi connectivity index (χ0v) is 14.8. The first-order valence-electron chi connectivity index (χ1n) is 8.52. The van der Waals surface area contributed by atoms with Gasteiger partial charge in [0.05, 0.1) is 11.6 Å². The number of rotatable bonds is 4. The molecule has 0 radical (unpaired) electrons. The molecule has 2 aromatic carbocycles. The molecule has 0 N–H and O–H groups in total. The summed E-state index contributed by atoms with van der Waals surface area (Å²) in [5, 5.41) is 9.37. The molecule has 130 valence electrons. The first kappa shape index (κ1) is 17.9. The molecule has 1 fully saturated rings. The van der Waals surface area contributed by atoms with E-state index in [0.717, 1.165) is 51.3 Å². The number of hydrogen-bond acceptors (Lipinski definition) is 3. The highest BCUT2D eigenvalue weighted by Crippen LogP contribution is 2.20. The summed E-state index contributed by atoms with van der Waals surface area (Å²) in [4.78, 5) is 4.81. The predicted molar refractivity (Wildman–Crippen MR) is 97.7 cm³/mol. The average molecular weight is 358 g/mol. The van der Waals surface area contributed by atoms with E-state index in [2.05, 4.69) is 15.9 Å². The van der Waals surface area contributed by atoms with Crippen LogP contribution < -0.4 is 0 Å². The number of hydrogen-bond donors (Lipinski definition) is 0. The van der Waals surface area contributed by atoms with Crippen LogP contribution in [0.3, 0.4) is 0 Å². The summed E-state index contributed by atoms with van der Waals surface area (Å²) in [6.07, 6.45) is 1.09. The van der Waals surface area contributed by atoms with E-state index >= 15 is 0 Å². The molecule has 3 nitrogen and oxygen atoms in total. The van der Waals surface area contributed by atoms with Crippen LogP contribution in [0.1, 0.15) is 23.1 Å². The Morgan fingerprint density at radius 2 is 1.64 bits per heavy atom. The molecule has 25 heavy (non-hydrogen) atoms. The van der Waals surface area contributed by atoms with E-state index in [1.54, 1.807) is 6.07 Å². The monoisotopic (exact) mass is 357 g/mol. The van der Waals surface area contributed by atoms with Crippen LogP contribution in [-0.4, -0.2) is 36.0 Å². The Balaban J connectivity index is 1.55. The quantitative estimate of drug-likeness (QED) is 0.826. The first-order valence-corrected chi connectivity index (χ1v) is 8.89. The van der Waals surface area contributed by atoms with Crippen molar-refractivity contribution in [2.45, 2.75) is 19.5 Å². The molecule has 2 aromatic rings. The van der Waals surface area contributed by atoms with Gasteiger partial charge in [0, 0.05) is 31.2 Å². The highest BCUT2D eigenvalue weighted by atomic mass is 35.5. The highest BCUT2D eigenvalue weighted by Gasteiger charge is 2.16. The molecule has 3 rings (SSSR count). The van der Waals surface area contributed by atoms with Crippen LogP contribution in [0.15, 0.2) is 42.5 Å². The molecule has 0 amide bonds. The van der Waals surface area contributed by atoms with Crippen LogP contribution in [0.5, 0.6) is 0 Å². The van der Waals surface area contributed by atoms with Gasteiger partial charge in [-0.1, -0.05) is 29.8 Å². The van der Waals surface area contributed by atoms with Gasteiger partial charge in [0.1, 0.15) is 5.82 Å². The van der Waals surface area contributed by atoms with Crippen molar-refractivity contribution in [2.75, 3.05) is 26.2 Å². The second-order valence-corrected chi connectivity index (χ2v) is 6.86. The van der Waals surface area contributed by atoms with E-state index in [9.17, 15) is 4.39 Å². The lowest BCUT2D eigenvalue weighted by Gasteiger charge is -2.22. The summed E-state index contributed by atoms with van der Waals surface area (Å²) in [6.45, 7) is 5.66. The Morgan fingerprint density at radius 3 is 2.28 bits per heavy atom. The van der Waals surface area contributed by atoms with Gasteiger partial charge in [0.25, 0.3) is 0 Å². The predicted octanol–water partition coefficient (Wildman–Crippen LogP) is 4.06. The maximum absolute atomic E-state index is 13.2. The third-order valence-corrected chi connectivity index (χ3v) is 4.93. The summed E-state index contributed by atoms with van der Waals surface area (Å²) < 4.78 is 13.2. The van der Waals surface area contributed by atoms with Crippen molar-refractivity contribution in [3.05, 3.63) is 70.0 Å². The molecule has 0 atom stereocenters. The third kappa shape index (κ3) is 5.02. The Morgan fingerprint density at radius 1 is 0.960 bits per heavy atom. The SMILES string of the molecule is N#Cc1ccc(CN2CCCN(Cc3ccc(F)cc3Cl)CC2)cc1. The van der Waals surface area contributed by atoms with Crippen molar-refractivity contribution in [3.63, 3.8) is 0 Å². The second-order valence-electron chi connectivity index (χ2n) is 6.45. The molecule has 0 bridgehead atoms. The normalized spacial score (nSPS) is 16.4. The fourth-order valence-electron chi connectivity index (χ4n) is 3.17. The standard InChI is InChI=1S/C20H21ClFN3/c21-20-12-19(22)7-6-18(20)15-25-9-1-8-24(10-11-25)14-17-4-2-16(13-23)3-5-17/h2-7,12H,1,8-11,14-15H2. The lowest BCUT2D eigenvalue weighted by Crippen LogP contribution is -2.30. The van der Waals surface area contributed by atoms with Gasteiger partial charge in [-0.3, -0.25) is 9.80 Å². The third-order valence-electron chi connectivity index (χ3n) is 4.58. The zero-order valence-electron chi connectivity index (χ0n) is 14.1. The molecule has 0 aliphatic carbocycles. The molecule has 0 spiro atoms. The van der Waals surface area contributed by atoms with E-state index in [-0.39, 0.29) is 5.82 Å². The maximum atomic E-state index is 13.2. The van der Waals surface area contributed by atoms with Gasteiger partial charge in [-0.25, -0.2) is 4.39 Å². The number of halogens is 2. The van der Waals surface area contributed by atoms with Crippen molar-refractivity contribution in [1.82, 2.24) is 9.80 Å². The minimum absolute atomic E-state index is 0.293. The smallest absolute Gasteiger partial charge is 0.124 e. The topological polar surface area (TPSA) is 30.3 Å². The maximum Gasteiger partial charge on any atom is 0.124 e. The van der Waals surface area contributed by atoms with Gasteiger partial charge in [0.2, 0.25) is 0 Å². The minimum Gasteiger partial charge on any atom is -0.298 e. The highest BCUT2D eigenvalue weighted by molar-refractivity contribution is 6.31. The van der Waals surface area contributed by atoms with Gasteiger partial charge in [-0.05, 0) is 54.9 Å². The fraction of sp³-hybridized carbons (Fsp3) is 0.350. The second kappa shape index (κ2) is 8.44. The van der Waals surface area contributed by atoms with Crippen LogP contribution in [0.4, 0.5) is 4.39 Å². The van der Waals surface area contributed by atoms with Crippen LogP contribution >= 0.6 is 11.6 Å². The Hall–Kier alpha value is -1.93. The molecule has 1 aliphatic heterocycles. The minimum atomic E-state index is -0.293. The number of nitrogens with zero attached hydrogens (tertiary/aromatic N) is 3. The molecule has 0 unspecified atom stereocenters. The van der Waals surface area contributed by atoms with Crippen molar-refractivity contribution in [1.29, 1.82) is 5.26 Å². The molecule has 1 aliphatic rings. The molecular formula is C20H21ClFN3. The van der Waals surface area contributed by atoms with E-state index in [4.69, 9.17) is 16.9 Å². The van der Waals surface area contributed by atoms with E-state index < -0.39 is 0 Å². The molecule has 0 aromatic heterocycles. The molecule has 5 heteroatoms. The largest absolute Gasteiger partial charge is 0.298 e. The van der Waals surface area contributed by atoms with E-state index in [1.807, 2.05) is 24.3 Å². The van der Waals surface area contributed by atoms with Crippen molar-refractivity contribution >= 4 is 11.6 Å². The number of benzene rings is 2. The lowest BCUT2D eigenvalue weighted by molar-refractivity contribution is 0.247. The van der Waals surface area contributed by atoms with Crippen molar-refractivity contribution in [2.24, 2.45) is 0 Å². The average Bonchev–Trinajstić information content (AvgIpc) is 2.83. The van der Waals surface area contributed by atoms with Gasteiger partial charge in [0.15, 0.2) is 0 Å². The molecular weight excluding hydrogens is 337 g/mol. The van der Waals surface area contributed by atoms with Gasteiger partial charge >= 0.3 is 0 Å². The molecule has 0 saturated carbocycles. The Kier molecular flexibility index (Phi) is 6.04. The number of nitriles is 1. The fourth-order valence-corrected chi connectivity index (χ4v) is 3.40. The van der Waals surface area contributed by atoms with Gasteiger partial charge in [-0.15, -0.1) is 0 Å². The Labute approximate surface area is 153 Å². The van der Waals surface area contributed by atoms with Crippen LogP contribution in [0.2, 0.25) is 5.02 Å². The van der Waals surface area contributed by atoms with Crippen molar-refractivity contribution in [3.8, 4) is 6.07 Å². The van der Waals surface area contributed by atoms with Crippen LogP contribution in [0, 0.1) is 17.1 Å². The van der Waals surface area contributed by atoms with Gasteiger partial charge in [-0.2, -0.15) is 5.26 Å². The van der Waals surface area contributed by atoms with Crippen molar-refractivity contribution < 1.29 is 4.39 Å². The molecule has 1 saturated heterocycles. The summed E-state index contributed by atoms with van der Waals surface area (Å²) in [5.41, 5.74) is 2.90. The zero-order chi connectivity index (χ0) is 17.6. The van der Waals surface area contributed by atoms with Gasteiger partial charge < -0.3 is 0 Å². The van der Waals surface area contributed by atoms with E-state index in [0.29, 0.717) is 10.6 Å². The molecule has 1 heterocycles. The first-order chi connectivity index (χ1) is 12.1. The van der Waals surface area contributed by atoms with Crippen LogP contribution in [0.25, 0.3) is 0 Å². The lowest BCUT2D eigenvalue weighted by atomic mass is 10.1. The summed E-state index contributed by atoms with van der Waals surface area (Å²) in [5.74, 6) is -0.293.